The van der Waals surface area contributed by atoms with Crippen LogP contribution in [0.3, 0.4) is 0 Å². The predicted octanol–water partition coefficient (Wildman–Crippen LogP) is 4.34. The number of benzene rings is 1. The highest BCUT2D eigenvalue weighted by molar-refractivity contribution is 9.10. The van der Waals surface area contributed by atoms with E-state index in [0.29, 0.717) is 16.1 Å². The highest BCUT2D eigenvalue weighted by Gasteiger charge is 2.24. The normalized spacial score (nSPS) is 15.7. The molecule has 1 aliphatic rings. The lowest BCUT2D eigenvalue weighted by Crippen LogP contribution is -2.08. The molecule has 0 N–H and O–H groups in total. The van der Waals surface area contributed by atoms with Gasteiger partial charge in [0.1, 0.15) is 0 Å². The zero-order chi connectivity index (χ0) is 14.1. The van der Waals surface area contributed by atoms with Gasteiger partial charge in [0.15, 0.2) is 0 Å². The second-order valence-electron chi connectivity index (χ2n) is 5.02. The third kappa shape index (κ3) is 2.35. The van der Waals surface area contributed by atoms with Crippen LogP contribution in [0.1, 0.15) is 31.7 Å². The Kier molecular flexibility index (Phi) is 3.56. The lowest BCUT2D eigenvalue weighted by molar-refractivity contribution is -0.384. The van der Waals surface area contributed by atoms with Crippen molar-refractivity contribution < 1.29 is 4.92 Å². The van der Waals surface area contributed by atoms with Crippen molar-refractivity contribution in [2.45, 2.75) is 31.7 Å². The van der Waals surface area contributed by atoms with Gasteiger partial charge in [-0.1, -0.05) is 28.8 Å². The van der Waals surface area contributed by atoms with Crippen LogP contribution in [-0.2, 0) is 0 Å². The van der Waals surface area contributed by atoms with E-state index >= 15 is 0 Å². The maximum absolute atomic E-state index is 11.3. The topological polar surface area (TPSA) is 61.0 Å². The summed E-state index contributed by atoms with van der Waals surface area (Å²) >= 11 is 3.29. The molecule has 3 rings (SSSR count). The van der Waals surface area contributed by atoms with Gasteiger partial charge in [0, 0.05) is 16.7 Å². The van der Waals surface area contributed by atoms with Crippen molar-refractivity contribution in [3.8, 4) is 11.3 Å². The zero-order valence-electron chi connectivity index (χ0n) is 10.8. The Morgan fingerprint density at radius 2 is 2.05 bits per heavy atom. The highest BCUT2D eigenvalue weighted by atomic mass is 79.9. The summed E-state index contributed by atoms with van der Waals surface area (Å²) in [5.41, 5.74) is 1.57. The summed E-state index contributed by atoms with van der Waals surface area (Å²) in [6.07, 6.45) is 6.32. The molecule has 20 heavy (non-hydrogen) atoms. The Morgan fingerprint density at radius 1 is 1.30 bits per heavy atom. The van der Waals surface area contributed by atoms with Crippen molar-refractivity contribution in [2.24, 2.45) is 0 Å². The van der Waals surface area contributed by atoms with Crippen LogP contribution in [0.5, 0.6) is 0 Å². The lowest BCUT2D eigenvalue weighted by atomic mass is 10.1. The van der Waals surface area contributed by atoms with Gasteiger partial charge in [0.2, 0.25) is 0 Å². The molecule has 0 radical (unpaired) electrons. The number of aromatic nitrogens is 2. The van der Waals surface area contributed by atoms with Crippen LogP contribution >= 0.6 is 15.9 Å². The summed E-state index contributed by atoms with van der Waals surface area (Å²) in [7, 11) is 0. The van der Waals surface area contributed by atoms with Gasteiger partial charge in [-0.3, -0.25) is 14.8 Å². The molecule has 5 nitrogen and oxygen atoms in total. The fraction of sp³-hybridized carbons (Fsp3) is 0.357. The molecule has 1 saturated carbocycles. The van der Waals surface area contributed by atoms with Gasteiger partial charge in [0.25, 0.3) is 5.69 Å². The van der Waals surface area contributed by atoms with Crippen molar-refractivity contribution in [3.63, 3.8) is 0 Å². The van der Waals surface area contributed by atoms with E-state index in [9.17, 15) is 10.1 Å². The van der Waals surface area contributed by atoms with Crippen molar-refractivity contribution in [1.29, 1.82) is 0 Å². The van der Waals surface area contributed by atoms with E-state index in [1.54, 1.807) is 18.3 Å². The molecule has 0 bridgehead atoms. The molecule has 0 aliphatic heterocycles. The van der Waals surface area contributed by atoms with E-state index in [-0.39, 0.29) is 10.6 Å². The third-order valence-corrected chi connectivity index (χ3v) is 4.27. The molecule has 104 valence electrons. The van der Waals surface area contributed by atoms with Gasteiger partial charge >= 0.3 is 0 Å². The Hall–Kier alpha value is -1.69. The molecule has 0 spiro atoms. The molecule has 1 fully saturated rings. The minimum absolute atomic E-state index is 0.110. The van der Waals surface area contributed by atoms with E-state index in [0.717, 1.165) is 18.5 Å². The van der Waals surface area contributed by atoms with Crippen LogP contribution in [0, 0.1) is 10.1 Å². The summed E-state index contributed by atoms with van der Waals surface area (Å²) in [5, 5.41) is 15.6. The number of halogens is 1. The van der Waals surface area contributed by atoms with Crippen LogP contribution in [0.15, 0.2) is 34.9 Å². The Labute approximate surface area is 124 Å². The molecule has 1 aliphatic carbocycles. The molecule has 1 heterocycles. The van der Waals surface area contributed by atoms with Crippen molar-refractivity contribution >= 4 is 21.6 Å². The second kappa shape index (κ2) is 5.36. The fourth-order valence-electron chi connectivity index (χ4n) is 2.84. The smallest absolute Gasteiger partial charge is 0.262 e. The van der Waals surface area contributed by atoms with Crippen molar-refractivity contribution in [3.05, 3.63) is 45.0 Å². The molecule has 1 aromatic carbocycles. The first kappa shape index (κ1) is 13.3. The summed E-state index contributed by atoms with van der Waals surface area (Å²) in [4.78, 5) is 10.9. The maximum atomic E-state index is 11.3. The number of nitro benzene ring substituents is 1. The average molecular weight is 336 g/mol. The maximum Gasteiger partial charge on any atom is 0.279 e. The van der Waals surface area contributed by atoms with Gasteiger partial charge in [-0.25, -0.2) is 0 Å². The molecule has 1 aromatic heterocycles. The predicted molar refractivity (Wildman–Crippen MR) is 79.5 cm³/mol. The van der Waals surface area contributed by atoms with E-state index in [4.69, 9.17) is 0 Å². The van der Waals surface area contributed by atoms with E-state index < -0.39 is 0 Å². The first-order valence-electron chi connectivity index (χ1n) is 6.64. The number of rotatable bonds is 3. The van der Waals surface area contributed by atoms with E-state index in [2.05, 4.69) is 21.0 Å². The summed E-state index contributed by atoms with van der Waals surface area (Å²) in [6.45, 7) is 0. The number of hydrogen-bond donors (Lipinski definition) is 0. The molecule has 2 aromatic rings. The minimum atomic E-state index is -0.341. The fourth-order valence-corrected chi connectivity index (χ4v) is 3.19. The minimum Gasteiger partial charge on any atom is -0.262 e. The first-order valence-corrected chi connectivity index (χ1v) is 7.44. The molecule has 0 amide bonds. The average Bonchev–Trinajstić information content (AvgIpc) is 3.09. The number of nitrogens with zero attached hydrogens (tertiary/aromatic N) is 3. The van der Waals surface area contributed by atoms with Crippen LogP contribution in [0.4, 0.5) is 5.69 Å². The SMILES string of the molecule is O=[N+]([O-])c1cc(Br)ccc1-c1ccnn1C1CCCC1. The van der Waals surface area contributed by atoms with Crippen molar-refractivity contribution in [1.82, 2.24) is 9.78 Å². The van der Waals surface area contributed by atoms with Crippen molar-refractivity contribution in [2.75, 3.05) is 0 Å². The van der Waals surface area contributed by atoms with Gasteiger partial charge in [0.05, 0.1) is 22.2 Å². The zero-order valence-corrected chi connectivity index (χ0v) is 12.4. The molecular formula is C14H14BrN3O2. The third-order valence-electron chi connectivity index (χ3n) is 3.77. The molecule has 6 heteroatoms. The van der Waals surface area contributed by atoms with E-state index in [1.165, 1.54) is 12.8 Å². The van der Waals surface area contributed by atoms with Crippen LogP contribution in [-0.4, -0.2) is 14.7 Å². The quantitative estimate of drug-likeness (QED) is 0.619. The summed E-state index contributed by atoms with van der Waals surface area (Å²) in [5.74, 6) is 0. The van der Waals surface area contributed by atoms with E-state index in [1.807, 2.05) is 16.8 Å². The monoisotopic (exact) mass is 335 g/mol. The standard InChI is InChI=1S/C14H14BrN3O2/c15-10-5-6-12(14(9-10)18(19)20)13-7-8-16-17(13)11-3-1-2-4-11/h5-9,11H,1-4H2. The van der Waals surface area contributed by atoms with Gasteiger partial charge in [-0.05, 0) is 31.0 Å². The van der Waals surface area contributed by atoms with Crippen LogP contribution in [0.2, 0.25) is 0 Å². The van der Waals surface area contributed by atoms with Gasteiger partial charge in [-0.2, -0.15) is 5.10 Å². The van der Waals surface area contributed by atoms with Gasteiger partial charge < -0.3 is 0 Å². The summed E-state index contributed by atoms with van der Waals surface area (Å²) < 4.78 is 2.66. The summed E-state index contributed by atoms with van der Waals surface area (Å²) in [6, 6.07) is 7.37. The Bertz CT molecular complexity index is 648. The highest BCUT2D eigenvalue weighted by Crippen LogP contribution is 2.37. The lowest BCUT2D eigenvalue weighted by Gasteiger charge is -2.14. The number of nitro groups is 1. The second-order valence-corrected chi connectivity index (χ2v) is 5.93. The first-order chi connectivity index (χ1) is 9.66. The van der Waals surface area contributed by atoms with Crippen LogP contribution < -0.4 is 0 Å². The molecule has 0 saturated heterocycles. The van der Waals surface area contributed by atoms with Gasteiger partial charge in [-0.15, -0.1) is 0 Å². The largest absolute Gasteiger partial charge is 0.279 e. The molecular weight excluding hydrogens is 322 g/mol. The molecule has 0 atom stereocenters. The molecule has 0 unspecified atom stereocenters. The van der Waals surface area contributed by atoms with Crippen LogP contribution in [0.25, 0.3) is 11.3 Å². The number of hydrogen-bond acceptors (Lipinski definition) is 3. The Balaban J connectivity index is 2.09. The Morgan fingerprint density at radius 3 is 2.75 bits per heavy atom.